The Bertz CT molecular complexity index is 838. The minimum absolute atomic E-state index is 0.00408. The molecule has 0 aliphatic rings. The van der Waals surface area contributed by atoms with E-state index in [9.17, 15) is 18.0 Å². The fourth-order valence-electron chi connectivity index (χ4n) is 2.41. The Hall–Kier alpha value is -2.25. The molecule has 0 spiro atoms. The molecule has 0 aliphatic heterocycles. The third-order valence-corrected chi connectivity index (χ3v) is 4.05. The normalized spacial score (nSPS) is 11.6. The zero-order chi connectivity index (χ0) is 20.9. The van der Waals surface area contributed by atoms with E-state index in [0.717, 1.165) is 12.1 Å². The van der Waals surface area contributed by atoms with Gasteiger partial charge in [0.2, 0.25) is 0 Å². The van der Waals surface area contributed by atoms with Crippen LogP contribution < -0.4 is 10.1 Å². The summed E-state index contributed by atoms with van der Waals surface area (Å²) in [6, 6.07) is 7.99. The number of hydrogen-bond donors (Lipinski definition) is 1. The van der Waals surface area contributed by atoms with Gasteiger partial charge in [0, 0.05) is 16.8 Å². The highest BCUT2D eigenvalue weighted by Gasteiger charge is 2.33. The molecular weight excluding hydrogens is 395 g/mol. The van der Waals surface area contributed by atoms with Crippen molar-refractivity contribution in [3.05, 3.63) is 58.1 Å². The molecule has 152 valence electrons. The summed E-state index contributed by atoms with van der Waals surface area (Å²) in [6.45, 7) is 6.30. The lowest BCUT2D eigenvalue weighted by molar-refractivity contribution is -0.137. The Morgan fingerprint density at radius 3 is 2.50 bits per heavy atom. The highest BCUT2D eigenvalue weighted by molar-refractivity contribution is 6.31. The molecular formula is C20H21ClF3NO3. The number of benzene rings is 2. The zero-order valence-electron chi connectivity index (χ0n) is 15.7. The maximum absolute atomic E-state index is 13.0. The summed E-state index contributed by atoms with van der Waals surface area (Å²) >= 11 is 5.60. The molecule has 0 fully saturated rings. The predicted molar refractivity (Wildman–Crippen MR) is 102 cm³/mol. The fraction of sp³-hybridized carbons (Fsp3) is 0.350. The topological polar surface area (TPSA) is 47.6 Å². The van der Waals surface area contributed by atoms with E-state index in [1.807, 2.05) is 20.8 Å². The highest BCUT2D eigenvalue weighted by atomic mass is 35.5. The number of alkyl halides is 3. The Labute approximate surface area is 166 Å². The van der Waals surface area contributed by atoms with E-state index < -0.39 is 22.7 Å². The van der Waals surface area contributed by atoms with Gasteiger partial charge in [-0.05, 0) is 57.2 Å². The Morgan fingerprint density at radius 2 is 1.89 bits per heavy atom. The van der Waals surface area contributed by atoms with Crippen molar-refractivity contribution in [1.82, 2.24) is 0 Å². The lowest BCUT2D eigenvalue weighted by atomic mass is 10.1. The van der Waals surface area contributed by atoms with Gasteiger partial charge in [0.05, 0.1) is 29.9 Å². The first-order valence-electron chi connectivity index (χ1n) is 8.67. The second kappa shape index (κ2) is 9.30. The van der Waals surface area contributed by atoms with Gasteiger partial charge in [-0.25, -0.2) is 0 Å². The smallest absolute Gasteiger partial charge is 0.417 e. The SMILES string of the molecule is CCOc1ccc(C(=O)Nc2ccc(Cl)c(C(F)(F)F)c2)cc1COC(C)C. The molecule has 0 unspecified atom stereocenters. The van der Waals surface area contributed by atoms with E-state index in [4.69, 9.17) is 21.1 Å². The monoisotopic (exact) mass is 415 g/mol. The maximum atomic E-state index is 13.0. The first-order valence-corrected chi connectivity index (χ1v) is 9.05. The Kier molecular flexibility index (Phi) is 7.32. The molecule has 0 saturated carbocycles. The average molecular weight is 416 g/mol. The molecule has 1 amide bonds. The molecule has 2 aromatic carbocycles. The van der Waals surface area contributed by atoms with Gasteiger partial charge in [0.25, 0.3) is 5.91 Å². The minimum atomic E-state index is -4.61. The number of amides is 1. The molecule has 0 aromatic heterocycles. The van der Waals surface area contributed by atoms with Crippen LogP contribution in [0.1, 0.15) is 42.3 Å². The number of carbonyl (C=O) groups is 1. The van der Waals surface area contributed by atoms with Crippen LogP contribution in [-0.2, 0) is 17.5 Å². The summed E-state index contributed by atoms with van der Waals surface area (Å²) in [6.07, 6.45) is -4.62. The third-order valence-electron chi connectivity index (χ3n) is 3.72. The van der Waals surface area contributed by atoms with E-state index >= 15 is 0 Å². The molecule has 0 heterocycles. The molecule has 0 aliphatic carbocycles. The van der Waals surface area contributed by atoms with Crippen molar-refractivity contribution < 1.29 is 27.4 Å². The molecule has 0 atom stereocenters. The summed E-state index contributed by atoms with van der Waals surface area (Å²) < 4.78 is 50.1. The number of nitrogens with one attached hydrogen (secondary N) is 1. The molecule has 0 bridgehead atoms. The Morgan fingerprint density at radius 1 is 1.18 bits per heavy atom. The van der Waals surface area contributed by atoms with Gasteiger partial charge in [-0.15, -0.1) is 0 Å². The second-order valence-corrected chi connectivity index (χ2v) is 6.67. The minimum Gasteiger partial charge on any atom is -0.494 e. The number of halogens is 4. The second-order valence-electron chi connectivity index (χ2n) is 6.26. The van der Waals surface area contributed by atoms with Crippen LogP contribution in [0.5, 0.6) is 5.75 Å². The van der Waals surface area contributed by atoms with Crippen LogP contribution in [0.15, 0.2) is 36.4 Å². The molecule has 8 heteroatoms. The largest absolute Gasteiger partial charge is 0.494 e. The van der Waals surface area contributed by atoms with Crippen LogP contribution in [0.2, 0.25) is 5.02 Å². The molecule has 2 rings (SSSR count). The quantitative estimate of drug-likeness (QED) is 0.609. The summed E-state index contributed by atoms with van der Waals surface area (Å²) in [7, 11) is 0. The molecule has 0 saturated heterocycles. The van der Waals surface area contributed by atoms with Gasteiger partial charge in [0.1, 0.15) is 5.75 Å². The van der Waals surface area contributed by atoms with E-state index in [2.05, 4.69) is 5.32 Å². The highest BCUT2D eigenvalue weighted by Crippen LogP contribution is 2.36. The average Bonchev–Trinajstić information content (AvgIpc) is 2.61. The molecule has 4 nitrogen and oxygen atoms in total. The van der Waals surface area contributed by atoms with Gasteiger partial charge < -0.3 is 14.8 Å². The first kappa shape index (κ1) is 22.0. The predicted octanol–water partition coefficient (Wildman–Crippen LogP) is 5.93. The van der Waals surface area contributed by atoms with Crippen molar-refractivity contribution in [2.45, 2.75) is 39.7 Å². The van der Waals surface area contributed by atoms with Gasteiger partial charge in [-0.2, -0.15) is 13.2 Å². The molecule has 1 N–H and O–H groups in total. The molecule has 0 radical (unpaired) electrons. The lowest BCUT2D eigenvalue weighted by Crippen LogP contribution is -2.14. The van der Waals surface area contributed by atoms with E-state index in [1.54, 1.807) is 18.2 Å². The van der Waals surface area contributed by atoms with Crippen molar-refractivity contribution in [3.63, 3.8) is 0 Å². The van der Waals surface area contributed by atoms with Crippen LogP contribution in [0.25, 0.3) is 0 Å². The fourth-order valence-corrected chi connectivity index (χ4v) is 2.63. The van der Waals surface area contributed by atoms with Gasteiger partial charge in [0.15, 0.2) is 0 Å². The van der Waals surface area contributed by atoms with E-state index in [1.165, 1.54) is 6.07 Å². The van der Waals surface area contributed by atoms with Gasteiger partial charge in [-0.1, -0.05) is 11.6 Å². The molecule has 28 heavy (non-hydrogen) atoms. The van der Waals surface area contributed by atoms with Crippen LogP contribution in [0.3, 0.4) is 0 Å². The van der Waals surface area contributed by atoms with Crippen molar-refractivity contribution >= 4 is 23.2 Å². The first-order chi connectivity index (χ1) is 13.1. The van der Waals surface area contributed by atoms with Crippen LogP contribution in [0.4, 0.5) is 18.9 Å². The maximum Gasteiger partial charge on any atom is 0.417 e. The van der Waals surface area contributed by atoms with Crippen molar-refractivity contribution in [3.8, 4) is 5.75 Å². The summed E-state index contributed by atoms with van der Waals surface area (Å²) in [5.41, 5.74) is -0.0649. The standard InChI is InChI=1S/C20H21ClF3NO3/c1-4-27-18-8-5-13(9-14(18)11-28-12(2)3)19(26)25-15-6-7-17(21)16(10-15)20(22,23)24/h5-10,12H,4,11H2,1-3H3,(H,25,26). The number of rotatable bonds is 7. The van der Waals surface area contributed by atoms with Crippen LogP contribution in [0, 0.1) is 0 Å². The number of carbonyl (C=O) groups excluding carboxylic acids is 1. The van der Waals surface area contributed by atoms with Crippen LogP contribution >= 0.6 is 11.6 Å². The van der Waals surface area contributed by atoms with Crippen LogP contribution in [-0.4, -0.2) is 18.6 Å². The van der Waals surface area contributed by atoms with E-state index in [-0.39, 0.29) is 24.0 Å². The summed E-state index contributed by atoms with van der Waals surface area (Å²) in [5, 5.41) is 2.03. The summed E-state index contributed by atoms with van der Waals surface area (Å²) in [4.78, 5) is 12.5. The summed E-state index contributed by atoms with van der Waals surface area (Å²) in [5.74, 6) is 0.0369. The number of anilines is 1. The number of hydrogen-bond acceptors (Lipinski definition) is 3. The van der Waals surface area contributed by atoms with Gasteiger partial charge >= 0.3 is 6.18 Å². The molecule has 2 aromatic rings. The van der Waals surface area contributed by atoms with Gasteiger partial charge in [-0.3, -0.25) is 4.79 Å². The number of ether oxygens (including phenoxy) is 2. The van der Waals surface area contributed by atoms with Crippen molar-refractivity contribution in [2.75, 3.05) is 11.9 Å². The zero-order valence-corrected chi connectivity index (χ0v) is 16.4. The third kappa shape index (κ3) is 5.87. The van der Waals surface area contributed by atoms with Crippen molar-refractivity contribution in [2.24, 2.45) is 0 Å². The Balaban J connectivity index is 2.25. The lowest BCUT2D eigenvalue weighted by Gasteiger charge is -2.15. The van der Waals surface area contributed by atoms with E-state index in [0.29, 0.717) is 17.9 Å². The van der Waals surface area contributed by atoms with Crippen molar-refractivity contribution in [1.29, 1.82) is 0 Å².